The summed E-state index contributed by atoms with van der Waals surface area (Å²) < 4.78 is 2.33. The Bertz CT molecular complexity index is 946. The SMILES string of the molecule is Cc1ccc2nc(NC(=O)C(C)n3ncc([N+](=O)[O-])c3C)sc2c1. The lowest BCUT2D eigenvalue weighted by Gasteiger charge is -2.12. The number of nitrogens with zero attached hydrogens (tertiary/aromatic N) is 4. The van der Waals surface area contributed by atoms with E-state index in [0.717, 1.165) is 22.0 Å². The van der Waals surface area contributed by atoms with Crippen molar-refractivity contribution in [3.8, 4) is 0 Å². The van der Waals surface area contributed by atoms with E-state index in [0.29, 0.717) is 10.8 Å². The minimum atomic E-state index is -0.688. The van der Waals surface area contributed by atoms with Crippen LogP contribution in [-0.4, -0.2) is 25.6 Å². The molecule has 0 spiro atoms. The number of aromatic nitrogens is 3. The first-order chi connectivity index (χ1) is 11.4. The maximum Gasteiger partial charge on any atom is 0.309 e. The predicted molar refractivity (Wildman–Crippen MR) is 91.3 cm³/mol. The minimum Gasteiger partial charge on any atom is -0.300 e. The summed E-state index contributed by atoms with van der Waals surface area (Å²) in [4.78, 5) is 27.2. The zero-order valence-corrected chi connectivity index (χ0v) is 14.1. The third-order valence-corrected chi connectivity index (χ3v) is 4.67. The molecule has 0 saturated heterocycles. The number of anilines is 1. The Balaban J connectivity index is 1.81. The molecule has 24 heavy (non-hydrogen) atoms. The fraction of sp³-hybridized carbons (Fsp3) is 0.267. The number of rotatable bonds is 4. The topological polar surface area (TPSA) is 103 Å². The van der Waals surface area contributed by atoms with Crippen LogP contribution in [-0.2, 0) is 4.79 Å². The predicted octanol–water partition coefficient (Wildman–Crippen LogP) is 3.22. The number of amides is 1. The van der Waals surface area contributed by atoms with Gasteiger partial charge in [0.1, 0.15) is 17.9 Å². The van der Waals surface area contributed by atoms with Crippen LogP contribution in [0.25, 0.3) is 10.2 Å². The molecule has 3 aromatic rings. The molecule has 1 unspecified atom stereocenters. The molecule has 0 saturated carbocycles. The van der Waals surface area contributed by atoms with E-state index >= 15 is 0 Å². The smallest absolute Gasteiger partial charge is 0.300 e. The Morgan fingerprint density at radius 3 is 2.83 bits per heavy atom. The van der Waals surface area contributed by atoms with Crippen LogP contribution in [0.15, 0.2) is 24.4 Å². The van der Waals surface area contributed by atoms with Crippen LogP contribution in [0.1, 0.15) is 24.2 Å². The fourth-order valence-corrected chi connectivity index (χ4v) is 3.36. The molecule has 0 aliphatic rings. The van der Waals surface area contributed by atoms with Gasteiger partial charge >= 0.3 is 5.69 Å². The van der Waals surface area contributed by atoms with Crippen molar-refractivity contribution >= 4 is 38.3 Å². The van der Waals surface area contributed by atoms with Crippen LogP contribution in [0, 0.1) is 24.0 Å². The molecule has 2 heterocycles. The first-order valence-electron chi connectivity index (χ1n) is 7.23. The second-order valence-electron chi connectivity index (χ2n) is 5.47. The molecule has 0 aliphatic carbocycles. The van der Waals surface area contributed by atoms with Gasteiger partial charge in [-0.1, -0.05) is 17.4 Å². The molecule has 124 valence electrons. The van der Waals surface area contributed by atoms with E-state index < -0.39 is 11.0 Å². The Morgan fingerprint density at radius 1 is 1.42 bits per heavy atom. The van der Waals surface area contributed by atoms with Crippen molar-refractivity contribution in [2.75, 3.05) is 5.32 Å². The molecule has 2 aromatic heterocycles. The molecule has 0 radical (unpaired) electrons. The Kier molecular flexibility index (Phi) is 4.02. The van der Waals surface area contributed by atoms with Gasteiger partial charge in [0.15, 0.2) is 5.13 Å². The summed E-state index contributed by atoms with van der Waals surface area (Å²) in [7, 11) is 0. The number of carbonyl (C=O) groups excluding carboxylic acids is 1. The number of hydrogen-bond acceptors (Lipinski definition) is 6. The highest BCUT2D eigenvalue weighted by atomic mass is 32.1. The van der Waals surface area contributed by atoms with Gasteiger partial charge in [-0.3, -0.25) is 19.6 Å². The summed E-state index contributed by atoms with van der Waals surface area (Å²) in [5.74, 6) is -0.327. The normalized spacial score (nSPS) is 12.3. The molecule has 1 aromatic carbocycles. The van der Waals surface area contributed by atoms with Crippen molar-refractivity contribution < 1.29 is 9.72 Å². The monoisotopic (exact) mass is 345 g/mol. The summed E-state index contributed by atoms with van der Waals surface area (Å²) in [6.07, 6.45) is 1.15. The number of benzene rings is 1. The van der Waals surface area contributed by atoms with E-state index in [4.69, 9.17) is 0 Å². The fourth-order valence-electron chi connectivity index (χ4n) is 2.39. The van der Waals surface area contributed by atoms with Crippen LogP contribution < -0.4 is 5.32 Å². The maximum absolute atomic E-state index is 12.4. The van der Waals surface area contributed by atoms with Gasteiger partial charge < -0.3 is 5.32 Å². The molecule has 9 heteroatoms. The summed E-state index contributed by atoms with van der Waals surface area (Å²) in [6, 6.07) is 5.18. The Hall–Kier alpha value is -2.81. The van der Waals surface area contributed by atoms with E-state index in [9.17, 15) is 14.9 Å². The summed E-state index contributed by atoms with van der Waals surface area (Å²) >= 11 is 1.39. The van der Waals surface area contributed by atoms with Crippen molar-refractivity contribution in [1.82, 2.24) is 14.8 Å². The number of thiazole rings is 1. The second-order valence-corrected chi connectivity index (χ2v) is 6.50. The van der Waals surface area contributed by atoms with Gasteiger partial charge in [0.25, 0.3) is 5.91 Å². The lowest BCUT2D eigenvalue weighted by molar-refractivity contribution is -0.385. The largest absolute Gasteiger partial charge is 0.309 e. The van der Waals surface area contributed by atoms with E-state index in [2.05, 4.69) is 15.4 Å². The van der Waals surface area contributed by atoms with Crippen LogP contribution in [0.2, 0.25) is 0 Å². The molecule has 0 bridgehead atoms. The first kappa shape index (κ1) is 16.1. The van der Waals surface area contributed by atoms with Gasteiger partial charge in [-0.2, -0.15) is 5.10 Å². The lowest BCUT2D eigenvalue weighted by atomic mass is 10.2. The number of nitro groups is 1. The van der Waals surface area contributed by atoms with Crippen molar-refractivity contribution in [2.24, 2.45) is 0 Å². The molecule has 1 N–H and O–H groups in total. The highest BCUT2D eigenvalue weighted by Crippen LogP contribution is 2.27. The molecule has 1 atom stereocenters. The quantitative estimate of drug-likeness (QED) is 0.577. The average Bonchev–Trinajstić information content (AvgIpc) is 3.08. The van der Waals surface area contributed by atoms with Crippen molar-refractivity contribution in [1.29, 1.82) is 0 Å². The van der Waals surface area contributed by atoms with Crippen molar-refractivity contribution in [3.05, 3.63) is 45.8 Å². The average molecular weight is 345 g/mol. The summed E-state index contributed by atoms with van der Waals surface area (Å²) in [5, 5.41) is 18.1. The van der Waals surface area contributed by atoms with Gasteiger partial charge in [-0.15, -0.1) is 0 Å². The van der Waals surface area contributed by atoms with E-state index in [1.54, 1.807) is 13.8 Å². The van der Waals surface area contributed by atoms with Gasteiger partial charge in [0.05, 0.1) is 15.1 Å². The van der Waals surface area contributed by atoms with Crippen LogP contribution in [0.3, 0.4) is 0 Å². The maximum atomic E-state index is 12.4. The molecule has 8 nitrogen and oxygen atoms in total. The molecular weight excluding hydrogens is 330 g/mol. The molecular formula is C15H15N5O3S. The number of hydrogen-bond donors (Lipinski definition) is 1. The molecule has 3 rings (SSSR count). The van der Waals surface area contributed by atoms with Crippen LogP contribution in [0.5, 0.6) is 0 Å². The third-order valence-electron chi connectivity index (χ3n) is 3.74. The van der Waals surface area contributed by atoms with Gasteiger partial charge in [-0.05, 0) is 38.5 Å². The standard InChI is InChI=1S/C15H15N5O3S/c1-8-4-5-11-13(6-8)24-15(17-11)18-14(21)10(3)19-9(2)12(7-16-19)20(22)23/h4-7,10H,1-3H3,(H,17,18,21). The number of fused-ring (bicyclic) bond motifs is 1. The van der Waals surface area contributed by atoms with E-state index in [1.165, 1.54) is 16.0 Å². The van der Waals surface area contributed by atoms with Gasteiger partial charge in [-0.25, -0.2) is 4.98 Å². The molecule has 0 aliphatic heterocycles. The van der Waals surface area contributed by atoms with Crippen molar-refractivity contribution in [2.45, 2.75) is 26.8 Å². The Morgan fingerprint density at radius 2 is 2.17 bits per heavy atom. The highest BCUT2D eigenvalue weighted by Gasteiger charge is 2.24. The number of carbonyl (C=O) groups is 1. The number of nitrogens with one attached hydrogen (secondary N) is 1. The molecule has 1 amide bonds. The molecule has 0 fully saturated rings. The van der Waals surface area contributed by atoms with E-state index in [1.807, 2.05) is 25.1 Å². The number of aryl methyl sites for hydroxylation is 1. The van der Waals surface area contributed by atoms with E-state index in [-0.39, 0.29) is 11.6 Å². The third kappa shape index (κ3) is 2.85. The lowest BCUT2D eigenvalue weighted by Crippen LogP contribution is -2.25. The van der Waals surface area contributed by atoms with Gasteiger partial charge in [0.2, 0.25) is 0 Å². The van der Waals surface area contributed by atoms with Crippen LogP contribution >= 0.6 is 11.3 Å². The van der Waals surface area contributed by atoms with Crippen LogP contribution in [0.4, 0.5) is 10.8 Å². The first-order valence-corrected chi connectivity index (χ1v) is 8.05. The zero-order valence-electron chi connectivity index (χ0n) is 13.3. The second kappa shape index (κ2) is 6.00. The summed E-state index contributed by atoms with van der Waals surface area (Å²) in [5.41, 5.74) is 2.17. The highest BCUT2D eigenvalue weighted by molar-refractivity contribution is 7.22. The summed E-state index contributed by atoms with van der Waals surface area (Å²) in [6.45, 7) is 5.19. The van der Waals surface area contributed by atoms with Crippen molar-refractivity contribution in [3.63, 3.8) is 0 Å². The zero-order chi connectivity index (χ0) is 17.4. The minimum absolute atomic E-state index is 0.106. The van der Waals surface area contributed by atoms with Gasteiger partial charge in [0, 0.05) is 0 Å². The Labute approximate surface area is 141 Å².